The summed E-state index contributed by atoms with van der Waals surface area (Å²) in [5, 5.41) is 17.9. The van der Waals surface area contributed by atoms with Crippen LogP contribution in [0.4, 0.5) is 8.78 Å². The van der Waals surface area contributed by atoms with Crippen molar-refractivity contribution >= 4 is 15.9 Å². The van der Waals surface area contributed by atoms with Gasteiger partial charge in [-0.3, -0.25) is 5.41 Å². The lowest BCUT2D eigenvalue weighted by Gasteiger charge is -2.23. The Morgan fingerprint density at radius 3 is 2.24 bits per heavy atom. The van der Waals surface area contributed by atoms with E-state index in [0.29, 0.717) is 12.3 Å². The predicted molar refractivity (Wildman–Crippen MR) is 127 cm³/mol. The van der Waals surface area contributed by atoms with Crippen LogP contribution in [0.5, 0.6) is 5.75 Å². The Bertz CT molecular complexity index is 1290. The van der Waals surface area contributed by atoms with Crippen molar-refractivity contribution in [1.82, 2.24) is 4.31 Å². The molecule has 0 radical (unpaired) electrons. The Labute approximate surface area is 198 Å². The molecule has 0 bridgehead atoms. The summed E-state index contributed by atoms with van der Waals surface area (Å²) in [6, 6.07) is 14.6. The monoisotopic (exact) mass is 487 g/mol. The van der Waals surface area contributed by atoms with Crippen molar-refractivity contribution in [2.45, 2.75) is 37.6 Å². The van der Waals surface area contributed by atoms with Crippen LogP contribution in [0.15, 0.2) is 65.6 Å². The highest BCUT2D eigenvalue weighted by Crippen LogP contribution is 2.28. The highest BCUT2D eigenvalue weighted by Gasteiger charge is 2.28. The zero-order valence-electron chi connectivity index (χ0n) is 18.9. The molecule has 3 aromatic rings. The highest BCUT2D eigenvalue weighted by molar-refractivity contribution is 7.89. The number of benzene rings is 3. The number of rotatable bonds is 9. The second-order valence-corrected chi connectivity index (χ2v) is 10.2. The normalized spacial score (nSPS) is 11.8. The van der Waals surface area contributed by atoms with Gasteiger partial charge < -0.3 is 10.8 Å². The van der Waals surface area contributed by atoms with Crippen LogP contribution in [0.3, 0.4) is 0 Å². The third-order valence-electron chi connectivity index (χ3n) is 5.53. The summed E-state index contributed by atoms with van der Waals surface area (Å²) in [6.45, 7) is 3.93. The Kier molecular flexibility index (Phi) is 7.68. The number of hydrogen-bond acceptors (Lipinski definition) is 4. The van der Waals surface area contributed by atoms with Gasteiger partial charge in [0.2, 0.25) is 10.0 Å². The summed E-state index contributed by atoms with van der Waals surface area (Å²) >= 11 is 0. The lowest BCUT2D eigenvalue weighted by atomic mass is 10.0. The molecule has 0 atom stereocenters. The third-order valence-corrected chi connectivity index (χ3v) is 7.40. The number of amidine groups is 1. The number of nitrogens with two attached hydrogens (primary N) is 1. The van der Waals surface area contributed by atoms with Crippen LogP contribution in [-0.4, -0.2) is 30.2 Å². The van der Waals surface area contributed by atoms with E-state index in [9.17, 15) is 22.3 Å². The number of nitrogen functional groups attached to an aromatic ring is 1. The van der Waals surface area contributed by atoms with E-state index in [1.165, 1.54) is 12.1 Å². The Hall–Kier alpha value is -3.30. The molecule has 0 aliphatic carbocycles. The van der Waals surface area contributed by atoms with Crippen LogP contribution in [-0.2, 0) is 23.0 Å². The molecule has 9 heteroatoms. The van der Waals surface area contributed by atoms with Gasteiger partial charge in [0.05, 0.1) is 0 Å². The maximum absolute atomic E-state index is 13.8. The van der Waals surface area contributed by atoms with Crippen molar-refractivity contribution in [1.29, 1.82) is 5.41 Å². The van der Waals surface area contributed by atoms with E-state index >= 15 is 0 Å². The average Bonchev–Trinajstić information content (AvgIpc) is 2.79. The van der Waals surface area contributed by atoms with Crippen molar-refractivity contribution in [3.8, 4) is 5.75 Å². The van der Waals surface area contributed by atoms with Gasteiger partial charge in [0.15, 0.2) is 11.6 Å². The van der Waals surface area contributed by atoms with Crippen LogP contribution in [0.25, 0.3) is 0 Å². The summed E-state index contributed by atoms with van der Waals surface area (Å²) in [5.74, 6) is -2.61. The third kappa shape index (κ3) is 5.78. The molecule has 0 unspecified atom stereocenters. The predicted octanol–water partition coefficient (Wildman–Crippen LogP) is 4.51. The second kappa shape index (κ2) is 10.3. The number of nitrogens with one attached hydrogen (secondary N) is 1. The van der Waals surface area contributed by atoms with Crippen molar-refractivity contribution in [3.05, 3.63) is 94.6 Å². The summed E-state index contributed by atoms with van der Waals surface area (Å²) in [5.41, 5.74) is 7.93. The number of phenols is 1. The molecule has 0 spiro atoms. The fourth-order valence-electron chi connectivity index (χ4n) is 3.48. The number of nitrogens with zero attached hydrogens (tertiary/aromatic N) is 1. The van der Waals surface area contributed by atoms with Gasteiger partial charge in [-0.2, -0.15) is 4.31 Å². The first-order chi connectivity index (χ1) is 16.0. The number of halogens is 2. The molecule has 0 aliphatic rings. The van der Waals surface area contributed by atoms with E-state index in [0.717, 1.165) is 39.7 Å². The molecule has 3 aromatic carbocycles. The lowest BCUT2D eigenvalue weighted by Crippen LogP contribution is -2.33. The molecule has 6 nitrogen and oxygen atoms in total. The average molecular weight is 488 g/mol. The first-order valence-corrected chi connectivity index (χ1v) is 12.1. The van der Waals surface area contributed by atoms with Crippen LogP contribution < -0.4 is 5.73 Å². The SMILES string of the molecule is CC(C)c1ccc(CCN(Cc2ccc(F)c(F)c2)S(=O)(=O)c2cc(C(=N)N)ccc2O)cc1. The van der Waals surface area contributed by atoms with Crippen LogP contribution in [0, 0.1) is 17.0 Å². The quantitative estimate of drug-likeness (QED) is 0.305. The molecule has 34 heavy (non-hydrogen) atoms. The minimum atomic E-state index is -4.29. The van der Waals surface area contributed by atoms with E-state index in [1.807, 2.05) is 24.3 Å². The van der Waals surface area contributed by atoms with Crippen LogP contribution in [0.1, 0.15) is 42.0 Å². The van der Waals surface area contributed by atoms with Crippen molar-refractivity contribution in [2.75, 3.05) is 6.54 Å². The smallest absolute Gasteiger partial charge is 0.247 e. The highest BCUT2D eigenvalue weighted by atomic mass is 32.2. The van der Waals surface area contributed by atoms with Gasteiger partial charge in [0.25, 0.3) is 0 Å². The topological polar surface area (TPSA) is 107 Å². The largest absolute Gasteiger partial charge is 0.507 e. The number of sulfonamides is 1. The fourth-order valence-corrected chi connectivity index (χ4v) is 5.01. The summed E-state index contributed by atoms with van der Waals surface area (Å²) in [6.07, 6.45) is 0.356. The summed E-state index contributed by atoms with van der Waals surface area (Å²) < 4.78 is 55.3. The Morgan fingerprint density at radius 1 is 1.00 bits per heavy atom. The zero-order valence-corrected chi connectivity index (χ0v) is 19.7. The maximum Gasteiger partial charge on any atom is 0.247 e. The molecular formula is C25H27F2N3O3S. The minimum absolute atomic E-state index is 0.0199. The first-order valence-electron chi connectivity index (χ1n) is 10.7. The van der Waals surface area contributed by atoms with Crippen LogP contribution in [0.2, 0.25) is 0 Å². The Morgan fingerprint density at radius 2 is 1.65 bits per heavy atom. The van der Waals surface area contributed by atoms with Gasteiger partial charge in [0.1, 0.15) is 16.5 Å². The van der Waals surface area contributed by atoms with E-state index in [1.54, 1.807) is 0 Å². The molecule has 3 rings (SSSR count). The molecule has 0 saturated carbocycles. The second-order valence-electron chi connectivity index (χ2n) is 8.33. The van der Waals surface area contributed by atoms with Gasteiger partial charge in [0, 0.05) is 18.7 Å². The molecular weight excluding hydrogens is 460 g/mol. The van der Waals surface area contributed by atoms with E-state index in [4.69, 9.17) is 11.1 Å². The zero-order chi connectivity index (χ0) is 25.0. The van der Waals surface area contributed by atoms with E-state index in [2.05, 4.69) is 13.8 Å². The molecule has 0 amide bonds. The number of hydrogen-bond donors (Lipinski definition) is 3. The van der Waals surface area contributed by atoms with Crippen LogP contribution >= 0.6 is 0 Å². The van der Waals surface area contributed by atoms with Crippen molar-refractivity contribution in [3.63, 3.8) is 0 Å². The lowest BCUT2D eigenvalue weighted by molar-refractivity contribution is 0.400. The maximum atomic E-state index is 13.8. The van der Waals surface area contributed by atoms with Gasteiger partial charge >= 0.3 is 0 Å². The first kappa shape index (κ1) is 25.3. The van der Waals surface area contributed by atoms with Gasteiger partial charge in [-0.05, 0) is 59.4 Å². The van der Waals surface area contributed by atoms with Gasteiger partial charge in [-0.15, -0.1) is 0 Å². The fraction of sp³-hybridized carbons (Fsp3) is 0.240. The van der Waals surface area contributed by atoms with Gasteiger partial charge in [-0.1, -0.05) is 44.2 Å². The summed E-state index contributed by atoms with van der Waals surface area (Å²) in [7, 11) is -4.29. The van der Waals surface area contributed by atoms with Gasteiger partial charge in [-0.25, -0.2) is 17.2 Å². The standard InChI is InChI=1S/C25H27F2N3O3S/c1-16(2)19-6-3-17(4-7-19)11-12-30(15-18-5-9-21(26)22(27)13-18)34(32,33)24-14-20(25(28)29)8-10-23(24)31/h3-10,13-14,16,31H,11-12,15H2,1-2H3,(H3,28,29). The van der Waals surface area contributed by atoms with Crippen molar-refractivity contribution in [2.24, 2.45) is 5.73 Å². The molecule has 0 heterocycles. The molecule has 0 aromatic heterocycles. The number of phenolic OH excluding ortho intramolecular Hbond substituents is 1. The summed E-state index contributed by atoms with van der Waals surface area (Å²) in [4.78, 5) is -0.419. The van der Waals surface area contributed by atoms with E-state index in [-0.39, 0.29) is 30.1 Å². The molecule has 4 N–H and O–H groups in total. The van der Waals surface area contributed by atoms with Crippen molar-refractivity contribution < 1.29 is 22.3 Å². The molecule has 0 saturated heterocycles. The number of aromatic hydroxyl groups is 1. The minimum Gasteiger partial charge on any atom is -0.507 e. The molecule has 0 fully saturated rings. The molecule has 180 valence electrons. The molecule has 0 aliphatic heterocycles. The Balaban J connectivity index is 1.97. The van der Waals surface area contributed by atoms with E-state index < -0.39 is 32.3 Å².